The fourth-order valence-electron chi connectivity index (χ4n) is 3.52. The zero-order valence-corrected chi connectivity index (χ0v) is 12.8. The third-order valence-electron chi connectivity index (χ3n) is 4.57. The highest BCUT2D eigenvalue weighted by molar-refractivity contribution is 5.89. The quantitative estimate of drug-likeness (QED) is 0.931. The highest BCUT2D eigenvalue weighted by Gasteiger charge is 2.25. The lowest BCUT2D eigenvalue weighted by Gasteiger charge is -2.29. The van der Waals surface area contributed by atoms with Gasteiger partial charge in [-0.3, -0.25) is 0 Å². The summed E-state index contributed by atoms with van der Waals surface area (Å²) in [6.45, 7) is 0. The van der Waals surface area contributed by atoms with Crippen molar-refractivity contribution in [1.29, 1.82) is 0 Å². The summed E-state index contributed by atoms with van der Waals surface area (Å²) in [5.41, 5.74) is 7.48. The van der Waals surface area contributed by atoms with Gasteiger partial charge in [0.1, 0.15) is 11.5 Å². The third kappa shape index (κ3) is 2.70. The van der Waals surface area contributed by atoms with Crippen molar-refractivity contribution in [1.82, 2.24) is 0 Å². The second-order valence-corrected chi connectivity index (χ2v) is 5.89. The van der Waals surface area contributed by atoms with Gasteiger partial charge in [-0.1, -0.05) is 18.6 Å². The van der Waals surface area contributed by atoms with Crippen LogP contribution in [-0.4, -0.2) is 20.3 Å². The molecule has 0 heterocycles. The molecule has 2 aromatic rings. The Morgan fingerprint density at radius 2 is 1.86 bits per heavy atom. The topological polar surface area (TPSA) is 44.5 Å². The first kappa shape index (κ1) is 14.2. The summed E-state index contributed by atoms with van der Waals surface area (Å²) in [6.07, 6.45) is 4.54. The van der Waals surface area contributed by atoms with E-state index in [1.807, 2.05) is 6.07 Å². The summed E-state index contributed by atoms with van der Waals surface area (Å²) in [5.74, 6) is 2.33. The Morgan fingerprint density at radius 3 is 2.57 bits per heavy atom. The van der Waals surface area contributed by atoms with Gasteiger partial charge in [0.05, 0.1) is 14.2 Å². The van der Waals surface area contributed by atoms with Crippen LogP contribution in [0.5, 0.6) is 11.5 Å². The molecule has 2 N–H and O–H groups in total. The maximum Gasteiger partial charge on any atom is 0.122 e. The van der Waals surface area contributed by atoms with Crippen LogP contribution in [0.15, 0.2) is 30.3 Å². The van der Waals surface area contributed by atoms with E-state index in [1.165, 1.54) is 29.2 Å². The largest absolute Gasteiger partial charge is 0.497 e. The smallest absolute Gasteiger partial charge is 0.122 e. The molecule has 2 atom stereocenters. The van der Waals surface area contributed by atoms with Crippen LogP contribution in [0.1, 0.15) is 37.2 Å². The Balaban J connectivity index is 2.16. The predicted octanol–water partition coefficient (Wildman–Crippen LogP) is 3.84. The van der Waals surface area contributed by atoms with Crippen LogP contribution < -0.4 is 15.2 Å². The second-order valence-electron chi connectivity index (χ2n) is 5.89. The molecule has 0 bridgehead atoms. The van der Waals surface area contributed by atoms with Crippen molar-refractivity contribution in [2.24, 2.45) is 5.73 Å². The number of hydrogen-bond donors (Lipinski definition) is 1. The number of nitrogens with two attached hydrogens (primary N) is 1. The molecular weight excluding hydrogens is 262 g/mol. The van der Waals surface area contributed by atoms with Gasteiger partial charge in [-0.25, -0.2) is 0 Å². The number of hydrogen-bond acceptors (Lipinski definition) is 3. The molecule has 0 saturated heterocycles. The van der Waals surface area contributed by atoms with Gasteiger partial charge in [0.2, 0.25) is 0 Å². The van der Waals surface area contributed by atoms with E-state index in [0.29, 0.717) is 12.0 Å². The molecule has 21 heavy (non-hydrogen) atoms. The number of methoxy groups -OCH3 is 2. The van der Waals surface area contributed by atoms with E-state index in [4.69, 9.17) is 15.2 Å². The fourth-order valence-corrected chi connectivity index (χ4v) is 3.52. The molecule has 0 amide bonds. The first-order valence-corrected chi connectivity index (χ1v) is 7.63. The summed E-state index contributed by atoms with van der Waals surface area (Å²) in [7, 11) is 3.45. The molecule has 1 aliphatic carbocycles. The van der Waals surface area contributed by atoms with Crippen LogP contribution in [0.2, 0.25) is 0 Å². The van der Waals surface area contributed by atoms with Gasteiger partial charge in [-0.15, -0.1) is 0 Å². The Morgan fingerprint density at radius 1 is 1.05 bits per heavy atom. The van der Waals surface area contributed by atoms with E-state index in [1.54, 1.807) is 14.2 Å². The molecule has 0 aliphatic heterocycles. The normalized spacial score (nSPS) is 22.2. The SMILES string of the molecule is COc1ccc2ccc(OC)c(C3CCCC(N)C3)c2c1. The van der Waals surface area contributed by atoms with Crippen LogP contribution in [0.4, 0.5) is 0 Å². The van der Waals surface area contributed by atoms with Gasteiger partial charge < -0.3 is 15.2 Å². The highest BCUT2D eigenvalue weighted by Crippen LogP contribution is 2.42. The van der Waals surface area contributed by atoms with Crippen LogP contribution in [0, 0.1) is 0 Å². The molecular formula is C18H23NO2. The maximum atomic E-state index is 6.19. The zero-order valence-electron chi connectivity index (χ0n) is 12.8. The molecule has 1 aliphatic rings. The van der Waals surface area contributed by atoms with Gasteiger partial charge in [0.15, 0.2) is 0 Å². The lowest BCUT2D eigenvalue weighted by atomic mass is 9.79. The summed E-state index contributed by atoms with van der Waals surface area (Å²) >= 11 is 0. The molecule has 3 nitrogen and oxygen atoms in total. The van der Waals surface area contributed by atoms with Crippen molar-refractivity contribution in [3.05, 3.63) is 35.9 Å². The molecule has 0 aromatic heterocycles. The highest BCUT2D eigenvalue weighted by atomic mass is 16.5. The number of benzene rings is 2. The summed E-state index contributed by atoms with van der Waals surface area (Å²) in [4.78, 5) is 0. The van der Waals surface area contributed by atoms with E-state index >= 15 is 0 Å². The maximum absolute atomic E-state index is 6.19. The average Bonchev–Trinajstić information content (AvgIpc) is 2.53. The number of rotatable bonds is 3. The van der Waals surface area contributed by atoms with E-state index in [9.17, 15) is 0 Å². The fraction of sp³-hybridized carbons (Fsp3) is 0.444. The van der Waals surface area contributed by atoms with Crippen molar-refractivity contribution < 1.29 is 9.47 Å². The lowest BCUT2D eigenvalue weighted by molar-refractivity contribution is 0.369. The lowest BCUT2D eigenvalue weighted by Crippen LogP contribution is -2.27. The minimum absolute atomic E-state index is 0.300. The summed E-state index contributed by atoms with van der Waals surface area (Å²) in [5, 5.41) is 2.46. The molecule has 2 unspecified atom stereocenters. The standard InChI is InChI=1S/C18H23NO2/c1-20-15-8-6-12-7-9-17(21-2)18(16(12)11-15)13-4-3-5-14(19)10-13/h6-9,11,13-14H,3-5,10,19H2,1-2H3. The van der Waals surface area contributed by atoms with Crippen molar-refractivity contribution in [3.8, 4) is 11.5 Å². The van der Waals surface area contributed by atoms with E-state index in [-0.39, 0.29) is 0 Å². The summed E-state index contributed by atoms with van der Waals surface area (Å²) < 4.78 is 11.0. The molecule has 3 heteroatoms. The Labute approximate surface area is 126 Å². The number of fused-ring (bicyclic) bond motifs is 1. The van der Waals surface area contributed by atoms with Crippen LogP contribution >= 0.6 is 0 Å². The second kappa shape index (κ2) is 5.94. The number of ether oxygens (including phenoxy) is 2. The first-order valence-electron chi connectivity index (χ1n) is 7.63. The Kier molecular flexibility index (Phi) is 4.02. The van der Waals surface area contributed by atoms with Gasteiger partial charge in [0, 0.05) is 11.6 Å². The third-order valence-corrected chi connectivity index (χ3v) is 4.57. The van der Waals surface area contributed by atoms with Crippen LogP contribution in [-0.2, 0) is 0 Å². The summed E-state index contributed by atoms with van der Waals surface area (Å²) in [6, 6.07) is 10.7. The Hall–Kier alpha value is -1.74. The van der Waals surface area contributed by atoms with Crippen molar-refractivity contribution >= 4 is 10.8 Å². The molecule has 0 spiro atoms. The zero-order chi connectivity index (χ0) is 14.8. The van der Waals surface area contributed by atoms with Gasteiger partial charge in [-0.05, 0) is 54.2 Å². The van der Waals surface area contributed by atoms with E-state index in [0.717, 1.165) is 24.3 Å². The minimum atomic E-state index is 0.300. The molecule has 112 valence electrons. The van der Waals surface area contributed by atoms with Crippen molar-refractivity contribution in [3.63, 3.8) is 0 Å². The van der Waals surface area contributed by atoms with Crippen LogP contribution in [0.3, 0.4) is 0 Å². The van der Waals surface area contributed by atoms with E-state index < -0.39 is 0 Å². The van der Waals surface area contributed by atoms with Crippen LogP contribution in [0.25, 0.3) is 10.8 Å². The molecule has 1 fully saturated rings. The minimum Gasteiger partial charge on any atom is -0.497 e. The van der Waals surface area contributed by atoms with Crippen molar-refractivity contribution in [2.45, 2.75) is 37.6 Å². The molecule has 1 saturated carbocycles. The molecule has 3 rings (SSSR count). The first-order chi connectivity index (χ1) is 10.2. The van der Waals surface area contributed by atoms with Gasteiger partial charge in [0.25, 0.3) is 0 Å². The predicted molar refractivity (Wildman–Crippen MR) is 86.2 cm³/mol. The Bertz CT molecular complexity index is 633. The monoisotopic (exact) mass is 285 g/mol. The molecule has 0 radical (unpaired) electrons. The van der Waals surface area contributed by atoms with E-state index in [2.05, 4.69) is 24.3 Å². The van der Waals surface area contributed by atoms with Crippen molar-refractivity contribution in [2.75, 3.05) is 14.2 Å². The average molecular weight is 285 g/mol. The van der Waals surface area contributed by atoms with Gasteiger partial charge in [-0.2, -0.15) is 0 Å². The molecule has 2 aromatic carbocycles. The van der Waals surface area contributed by atoms with Gasteiger partial charge >= 0.3 is 0 Å².